The number of carbonyl (C=O) groups is 1. The zero-order valence-corrected chi connectivity index (χ0v) is 11.2. The first-order chi connectivity index (χ1) is 8.04. The van der Waals surface area contributed by atoms with Gasteiger partial charge in [-0.25, -0.2) is 0 Å². The standard InChI is InChI=1S/C13H24N2O2/c1-13(2)6-4-7-14-11(13)12(16)15-8-5-10(9-15)17-3/h10-11,14H,4-9H2,1-3H3. The molecule has 4 nitrogen and oxygen atoms in total. The molecule has 2 atom stereocenters. The van der Waals surface area contributed by atoms with Crippen molar-refractivity contribution in [3.05, 3.63) is 0 Å². The Morgan fingerprint density at radius 2 is 2.24 bits per heavy atom. The van der Waals surface area contributed by atoms with E-state index < -0.39 is 0 Å². The van der Waals surface area contributed by atoms with E-state index >= 15 is 0 Å². The summed E-state index contributed by atoms with van der Waals surface area (Å²) < 4.78 is 5.32. The van der Waals surface area contributed by atoms with Gasteiger partial charge >= 0.3 is 0 Å². The molecule has 0 aromatic heterocycles. The molecule has 0 spiro atoms. The van der Waals surface area contributed by atoms with E-state index in [0.29, 0.717) is 0 Å². The molecular weight excluding hydrogens is 216 g/mol. The molecule has 17 heavy (non-hydrogen) atoms. The molecule has 2 heterocycles. The topological polar surface area (TPSA) is 41.6 Å². The van der Waals surface area contributed by atoms with Crippen LogP contribution in [0.1, 0.15) is 33.1 Å². The third-order valence-corrected chi connectivity index (χ3v) is 4.16. The lowest BCUT2D eigenvalue weighted by Crippen LogP contribution is -2.56. The summed E-state index contributed by atoms with van der Waals surface area (Å²) in [4.78, 5) is 14.4. The monoisotopic (exact) mass is 240 g/mol. The smallest absolute Gasteiger partial charge is 0.240 e. The summed E-state index contributed by atoms with van der Waals surface area (Å²) in [5.74, 6) is 0.259. The molecule has 2 fully saturated rings. The minimum atomic E-state index is -0.0214. The number of nitrogens with one attached hydrogen (secondary N) is 1. The van der Waals surface area contributed by atoms with Crippen LogP contribution in [0.2, 0.25) is 0 Å². The Kier molecular flexibility index (Phi) is 3.73. The summed E-state index contributed by atoms with van der Waals surface area (Å²) in [6.07, 6.45) is 3.48. The van der Waals surface area contributed by atoms with Crippen molar-refractivity contribution in [1.29, 1.82) is 0 Å². The Hall–Kier alpha value is -0.610. The number of ether oxygens (including phenoxy) is 1. The van der Waals surface area contributed by atoms with Crippen molar-refractivity contribution < 1.29 is 9.53 Å². The first-order valence-electron chi connectivity index (χ1n) is 6.59. The fourth-order valence-electron chi connectivity index (χ4n) is 2.94. The SMILES string of the molecule is COC1CCN(C(=O)C2NCCCC2(C)C)C1. The molecular formula is C13H24N2O2. The maximum Gasteiger partial charge on any atom is 0.240 e. The van der Waals surface area contributed by atoms with Gasteiger partial charge in [-0.2, -0.15) is 0 Å². The van der Waals surface area contributed by atoms with Crippen LogP contribution >= 0.6 is 0 Å². The average Bonchev–Trinajstić information content (AvgIpc) is 2.76. The van der Waals surface area contributed by atoms with E-state index in [1.54, 1.807) is 7.11 Å². The predicted molar refractivity (Wildman–Crippen MR) is 66.8 cm³/mol. The number of hydrogen-bond acceptors (Lipinski definition) is 3. The second-order valence-electron chi connectivity index (χ2n) is 5.91. The molecule has 2 aliphatic heterocycles. The van der Waals surface area contributed by atoms with E-state index in [2.05, 4.69) is 19.2 Å². The molecule has 0 saturated carbocycles. The number of amides is 1. The van der Waals surface area contributed by atoms with Crippen molar-refractivity contribution >= 4 is 5.91 Å². The maximum absolute atomic E-state index is 12.5. The van der Waals surface area contributed by atoms with Gasteiger partial charge in [-0.1, -0.05) is 13.8 Å². The zero-order valence-electron chi connectivity index (χ0n) is 11.2. The number of piperidine rings is 1. The fraction of sp³-hybridized carbons (Fsp3) is 0.923. The Morgan fingerprint density at radius 1 is 1.47 bits per heavy atom. The number of nitrogens with zero attached hydrogens (tertiary/aromatic N) is 1. The second kappa shape index (κ2) is 4.94. The quantitative estimate of drug-likeness (QED) is 0.783. The van der Waals surface area contributed by atoms with Gasteiger partial charge in [0.15, 0.2) is 0 Å². The lowest BCUT2D eigenvalue weighted by Gasteiger charge is -2.40. The summed E-state index contributed by atoms with van der Waals surface area (Å²) in [6, 6.07) is -0.0214. The summed E-state index contributed by atoms with van der Waals surface area (Å²) in [5.41, 5.74) is 0.0699. The van der Waals surface area contributed by atoms with Crippen LogP contribution in [-0.2, 0) is 9.53 Å². The van der Waals surface area contributed by atoms with E-state index in [1.165, 1.54) is 0 Å². The van der Waals surface area contributed by atoms with E-state index in [1.807, 2.05) is 4.90 Å². The van der Waals surface area contributed by atoms with Crippen molar-refractivity contribution in [3.63, 3.8) is 0 Å². The summed E-state index contributed by atoms with van der Waals surface area (Å²) in [5, 5.41) is 3.39. The van der Waals surface area contributed by atoms with Gasteiger partial charge in [-0.3, -0.25) is 4.79 Å². The molecule has 4 heteroatoms. The van der Waals surface area contributed by atoms with E-state index in [-0.39, 0.29) is 23.5 Å². The highest BCUT2D eigenvalue weighted by molar-refractivity contribution is 5.83. The van der Waals surface area contributed by atoms with Gasteiger partial charge in [-0.15, -0.1) is 0 Å². The van der Waals surface area contributed by atoms with Crippen LogP contribution in [0.4, 0.5) is 0 Å². The van der Waals surface area contributed by atoms with Gasteiger partial charge in [0.2, 0.25) is 5.91 Å². The average molecular weight is 240 g/mol. The predicted octanol–water partition coefficient (Wildman–Crippen LogP) is 1.01. The molecule has 1 N–H and O–H groups in total. The van der Waals surface area contributed by atoms with Crippen molar-refractivity contribution in [3.8, 4) is 0 Å². The number of rotatable bonds is 2. The number of hydrogen-bond donors (Lipinski definition) is 1. The highest BCUT2D eigenvalue weighted by atomic mass is 16.5. The van der Waals surface area contributed by atoms with Crippen LogP contribution < -0.4 is 5.32 Å². The van der Waals surface area contributed by atoms with Crippen LogP contribution in [0, 0.1) is 5.41 Å². The lowest BCUT2D eigenvalue weighted by atomic mass is 9.77. The molecule has 0 aliphatic carbocycles. The number of methoxy groups -OCH3 is 1. The van der Waals surface area contributed by atoms with Crippen LogP contribution in [0.5, 0.6) is 0 Å². The molecule has 2 rings (SSSR count). The van der Waals surface area contributed by atoms with Gasteiger partial charge in [0, 0.05) is 20.2 Å². The first kappa shape index (κ1) is 12.8. The molecule has 0 radical (unpaired) electrons. The highest BCUT2D eigenvalue weighted by Crippen LogP contribution is 2.31. The van der Waals surface area contributed by atoms with E-state index in [9.17, 15) is 4.79 Å². The molecule has 2 unspecified atom stereocenters. The summed E-state index contributed by atoms with van der Waals surface area (Å²) in [6.45, 7) is 6.92. The van der Waals surface area contributed by atoms with Crippen LogP contribution in [0.25, 0.3) is 0 Å². The van der Waals surface area contributed by atoms with Gasteiger partial charge in [0.05, 0.1) is 12.1 Å². The van der Waals surface area contributed by atoms with Crippen molar-refractivity contribution in [2.75, 3.05) is 26.7 Å². The molecule has 0 bridgehead atoms. The third kappa shape index (κ3) is 2.63. The molecule has 0 aromatic carbocycles. The van der Waals surface area contributed by atoms with Crippen LogP contribution in [-0.4, -0.2) is 49.7 Å². The minimum Gasteiger partial charge on any atom is -0.380 e. The summed E-state index contributed by atoms with van der Waals surface area (Å²) in [7, 11) is 1.72. The normalized spacial score (nSPS) is 32.8. The molecule has 1 amide bonds. The molecule has 2 aliphatic rings. The largest absolute Gasteiger partial charge is 0.380 e. The number of carbonyl (C=O) groups excluding carboxylic acids is 1. The fourth-order valence-corrected chi connectivity index (χ4v) is 2.94. The van der Waals surface area contributed by atoms with Crippen molar-refractivity contribution in [1.82, 2.24) is 10.2 Å². The van der Waals surface area contributed by atoms with Gasteiger partial charge < -0.3 is 15.0 Å². The Bertz CT molecular complexity index is 291. The van der Waals surface area contributed by atoms with E-state index in [0.717, 1.165) is 38.9 Å². The molecule has 98 valence electrons. The van der Waals surface area contributed by atoms with Crippen molar-refractivity contribution in [2.45, 2.75) is 45.3 Å². The second-order valence-corrected chi connectivity index (χ2v) is 5.91. The van der Waals surface area contributed by atoms with Crippen LogP contribution in [0.3, 0.4) is 0 Å². The third-order valence-electron chi connectivity index (χ3n) is 4.16. The number of likely N-dealkylation sites (tertiary alicyclic amines) is 1. The van der Waals surface area contributed by atoms with E-state index in [4.69, 9.17) is 4.74 Å². The van der Waals surface area contributed by atoms with Crippen LogP contribution in [0.15, 0.2) is 0 Å². The Morgan fingerprint density at radius 3 is 2.82 bits per heavy atom. The van der Waals surface area contributed by atoms with Gasteiger partial charge in [0.1, 0.15) is 0 Å². The molecule has 2 saturated heterocycles. The lowest BCUT2D eigenvalue weighted by molar-refractivity contribution is -0.136. The molecule has 0 aromatic rings. The maximum atomic E-state index is 12.5. The Labute approximate surface area is 104 Å². The minimum absolute atomic E-state index is 0.0214. The zero-order chi connectivity index (χ0) is 12.5. The summed E-state index contributed by atoms with van der Waals surface area (Å²) >= 11 is 0. The first-order valence-corrected chi connectivity index (χ1v) is 6.59. The Balaban J connectivity index is 1.99. The van der Waals surface area contributed by atoms with Crippen molar-refractivity contribution in [2.24, 2.45) is 5.41 Å². The van der Waals surface area contributed by atoms with Gasteiger partial charge in [-0.05, 0) is 31.2 Å². The van der Waals surface area contributed by atoms with Gasteiger partial charge in [0.25, 0.3) is 0 Å². The highest BCUT2D eigenvalue weighted by Gasteiger charge is 2.40.